The van der Waals surface area contributed by atoms with Crippen LogP contribution in [-0.2, 0) is 13.0 Å². The summed E-state index contributed by atoms with van der Waals surface area (Å²) in [6, 6.07) is 10.6. The zero-order chi connectivity index (χ0) is 15.1. The average Bonchev–Trinajstić information content (AvgIpc) is 2.93. The van der Waals surface area contributed by atoms with Crippen LogP contribution < -0.4 is 0 Å². The van der Waals surface area contributed by atoms with Crippen LogP contribution in [0.25, 0.3) is 0 Å². The summed E-state index contributed by atoms with van der Waals surface area (Å²) < 4.78 is 0. The zero-order valence-corrected chi connectivity index (χ0v) is 13.6. The van der Waals surface area contributed by atoms with Gasteiger partial charge in [-0.25, -0.2) is 0 Å². The fraction of sp³-hybridized carbons (Fsp3) is 0.389. The molecule has 1 saturated heterocycles. The summed E-state index contributed by atoms with van der Waals surface area (Å²) >= 11 is 1.88. The van der Waals surface area contributed by atoms with Crippen molar-refractivity contribution in [2.24, 2.45) is 0 Å². The number of hydrogen-bond donors (Lipinski definition) is 0. The third-order valence-corrected chi connectivity index (χ3v) is 5.90. The SMILES string of the molecule is Cc1ccccc1C(=O)N1CC(N2CCc3sccc3C2)C1. The van der Waals surface area contributed by atoms with Crippen LogP contribution >= 0.6 is 11.3 Å². The standard InChI is InChI=1S/C18H20N2OS/c1-13-4-2-3-5-16(13)18(21)20-11-15(12-20)19-8-6-17-14(10-19)7-9-22-17/h2-5,7,9,15H,6,8,10-12H2,1H3. The lowest BCUT2D eigenvalue weighted by molar-refractivity contribution is 0.0220. The first-order valence-corrected chi connectivity index (χ1v) is 8.74. The smallest absolute Gasteiger partial charge is 0.254 e. The number of nitrogens with zero attached hydrogens (tertiary/aromatic N) is 2. The Kier molecular flexibility index (Phi) is 3.51. The van der Waals surface area contributed by atoms with E-state index in [1.165, 1.54) is 5.56 Å². The predicted octanol–water partition coefficient (Wildman–Crippen LogP) is 2.94. The number of fused-ring (bicyclic) bond motifs is 1. The molecule has 0 saturated carbocycles. The van der Waals surface area contributed by atoms with Crippen molar-refractivity contribution in [2.45, 2.75) is 25.9 Å². The van der Waals surface area contributed by atoms with Crippen molar-refractivity contribution in [2.75, 3.05) is 19.6 Å². The zero-order valence-electron chi connectivity index (χ0n) is 12.8. The van der Waals surface area contributed by atoms with Crippen LogP contribution in [0.3, 0.4) is 0 Å². The molecule has 0 N–H and O–H groups in total. The van der Waals surface area contributed by atoms with E-state index in [9.17, 15) is 4.79 Å². The van der Waals surface area contributed by atoms with Gasteiger partial charge in [0.2, 0.25) is 0 Å². The number of carbonyl (C=O) groups is 1. The number of amides is 1. The quantitative estimate of drug-likeness (QED) is 0.851. The van der Waals surface area contributed by atoms with E-state index in [0.29, 0.717) is 6.04 Å². The lowest BCUT2D eigenvalue weighted by Gasteiger charge is -2.46. The minimum atomic E-state index is 0.183. The van der Waals surface area contributed by atoms with Crippen molar-refractivity contribution in [3.05, 3.63) is 57.3 Å². The molecule has 2 aliphatic rings. The summed E-state index contributed by atoms with van der Waals surface area (Å²) in [6.45, 7) is 5.92. The van der Waals surface area contributed by atoms with Crippen LogP contribution in [0.15, 0.2) is 35.7 Å². The molecule has 2 aliphatic heterocycles. The number of carbonyl (C=O) groups excluding carboxylic acids is 1. The van der Waals surface area contributed by atoms with Gasteiger partial charge < -0.3 is 4.90 Å². The first kappa shape index (κ1) is 14.0. The molecule has 114 valence electrons. The van der Waals surface area contributed by atoms with Gasteiger partial charge in [0.1, 0.15) is 0 Å². The molecule has 4 rings (SSSR count). The predicted molar refractivity (Wildman–Crippen MR) is 89.3 cm³/mol. The average molecular weight is 312 g/mol. The molecule has 0 unspecified atom stereocenters. The van der Waals surface area contributed by atoms with E-state index < -0.39 is 0 Å². The maximum atomic E-state index is 12.5. The van der Waals surface area contributed by atoms with Gasteiger partial charge in [-0.3, -0.25) is 9.69 Å². The molecule has 1 aromatic heterocycles. The highest BCUT2D eigenvalue weighted by Gasteiger charge is 2.36. The Morgan fingerprint density at radius 2 is 2.05 bits per heavy atom. The summed E-state index contributed by atoms with van der Waals surface area (Å²) in [5.74, 6) is 0.183. The van der Waals surface area contributed by atoms with Crippen LogP contribution in [0.1, 0.15) is 26.4 Å². The van der Waals surface area contributed by atoms with Gasteiger partial charge in [0.25, 0.3) is 5.91 Å². The second kappa shape index (κ2) is 5.52. The van der Waals surface area contributed by atoms with Crippen LogP contribution in [-0.4, -0.2) is 41.4 Å². The van der Waals surface area contributed by atoms with Gasteiger partial charge in [-0.15, -0.1) is 11.3 Å². The number of benzene rings is 1. The second-order valence-electron chi connectivity index (χ2n) is 6.27. The van der Waals surface area contributed by atoms with Crippen molar-refractivity contribution in [1.82, 2.24) is 9.80 Å². The van der Waals surface area contributed by atoms with Crippen LogP contribution in [0, 0.1) is 6.92 Å². The van der Waals surface area contributed by atoms with E-state index in [1.54, 1.807) is 4.88 Å². The van der Waals surface area contributed by atoms with E-state index in [1.807, 2.05) is 47.4 Å². The summed E-state index contributed by atoms with van der Waals surface area (Å²) in [5, 5.41) is 2.20. The molecule has 3 nitrogen and oxygen atoms in total. The lowest BCUT2D eigenvalue weighted by atomic mass is 10.00. The van der Waals surface area contributed by atoms with Gasteiger partial charge in [0.05, 0.1) is 0 Å². The van der Waals surface area contributed by atoms with Crippen molar-refractivity contribution >= 4 is 17.2 Å². The summed E-state index contributed by atoms with van der Waals surface area (Å²) in [7, 11) is 0. The van der Waals surface area contributed by atoms with Gasteiger partial charge in [-0.2, -0.15) is 0 Å². The first-order chi connectivity index (χ1) is 10.7. The minimum Gasteiger partial charge on any atom is -0.335 e. The molecule has 1 aromatic carbocycles. The molecule has 1 fully saturated rings. The summed E-state index contributed by atoms with van der Waals surface area (Å²) in [5.41, 5.74) is 3.40. The molecule has 22 heavy (non-hydrogen) atoms. The first-order valence-electron chi connectivity index (χ1n) is 7.86. The fourth-order valence-corrected chi connectivity index (χ4v) is 4.31. The van der Waals surface area contributed by atoms with Crippen molar-refractivity contribution in [3.8, 4) is 0 Å². The largest absolute Gasteiger partial charge is 0.335 e. The van der Waals surface area contributed by atoms with Gasteiger partial charge in [-0.05, 0) is 42.0 Å². The molecule has 0 aliphatic carbocycles. The van der Waals surface area contributed by atoms with Crippen molar-refractivity contribution in [1.29, 1.82) is 0 Å². The van der Waals surface area contributed by atoms with Crippen molar-refractivity contribution < 1.29 is 4.79 Å². The van der Waals surface area contributed by atoms with Gasteiger partial charge in [0, 0.05) is 42.7 Å². The third kappa shape index (κ3) is 2.36. The Hall–Kier alpha value is -1.65. The maximum Gasteiger partial charge on any atom is 0.254 e. The molecule has 0 radical (unpaired) electrons. The Morgan fingerprint density at radius 3 is 2.86 bits per heavy atom. The lowest BCUT2D eigenvalue weighted by Crippen LogP contribution is -2.61. The van der Waals surface area contributed by atoms with E-state index in [-0.39, 0.29) is 5.91 Å². The molecule has 0 atom stereocenters. The van der Waals surface area contributed by atoms with Gasteiger partial charge >= 0.3 is 0 Å². The highest BCUT2D eigenvalue weighted by molar-refractivity contribution is 7.10. The summed E-state index contributed by atoms with van der Waals surface area (Å²) in [4.78, 5) is 18.6. The minimum absolute atomic E-state index is 0.183. The number of likely N-dealkylation sites (tertiary alicyclic amines) is 1. The molecule has 4 heteroatoms. The molecule has 3 heterocycles. The Labute approximate surface area is 135 Å². The van der Waals surface area contributed by atoms with Crippen LogP contribution in [0.5, 0.6) is 0 Å². The fourth-order valence-electron chi connectivity index (χ4n) is 3.42. The highest BCUT2D eigenvalue weighted by atomic mass is 32.1. The molecule has 0 spiro atoms. The number of aryl methyl sites for hydroxylation is 1. The van der Waals surface area contributed by atoms with Gasteiger partial charge in [0.15, 0.2) is 0 Å². The number of hydrogen-bond acceptors (Lipinski definition) is 3. The monoisotopic (exact) mass is 312 g/mol. The van der Waals surface area contributed by atoms with Crippen LogP contribution in [0.2, 0.25) is 0 Å². The molecular formula is C18H20N2OS. The normalized spacial score (nSPS) is 18.9. The van der Waals surface area contributed by atoms with E-state index in [0.717, 1.165) is 43.7 Å². The number of thiophene rings is 1. The van der Waals surface area contributed by atoms with Crippen LogP contribution in [0.4, 0.5) is 0 Å². The van der Waals surface area contributed by atoms with Crippen molar-refractivity contribution in [3.63, 3.8) is 0 Å². The summed E-state index contributed by atoms with van der Waals surface area (Å²) in [6.07, 6.45) is 1.16. The second-order valence-corrected chi connectivity index (χ2v) is 7.27. The number of rotatable bonds is 2. The van der Waals surface area contributed by atoms with Gasteiger partial charge in [-0.1, -0.05) is 18.2 Å². The molecule has 2 aromatic rings. The molecular weight excluding hydrogens is 292 g/mol. The van der Waals surface area contributed by atoms with E-state index >= 15 is 0 Å². The van der Waals surface area contributed by atoms with E-state index in [4.69, 9.17) is 0 Å². The Morgan fingerprint density at radius 1 is 1.23 bits per heavy atom. The maximum absolute atomic E-state index is 12.5. The molecule has 0 bridgehead atoms. The highest BCUT2D eigenvalue weighted by Crippen LogP contribution is 2.28. The Bertz CT molecular complexity index is 703. The topological polar surface area (TPSA) is 23.6 Å². The van der Waals surface area contributed by atoms with E-state index in [2.05, 4.69) is 16.3 Å². The third-order valence-electron chi connectivity index (χ3n) is 4.88. The molecule has 1 amide bonds. The Balaban J connectivity index is 1.39.